The zero-order chi connectivity index (χ0) is 17.5. The quantitative estimate of drug-likeness (QED) is 0.644. The molecule has 0 saturated carbocycles. The van der Waals surface area contributed by atoms with Crippen LogP contribution in [0.5, 0.6) is 0 Å². The fraction of sp³-hybridized carbons (Fsp3) is 0.438. The number of aliphatic hydroxyl groups is 2. The Morgan fingerprint density at radius 2 is 1.96 bits per heavy atom. The number of imide groups is 1. The average Bonchev–Trinajstić information content (AvgIpc) is 2.88. The highest BCUT2D eigenvalue weighted by atomic mass is 16.3. The van der Waals surface area contributed by atoms with Crippen LogP contribution in [0.25, 0.3) is 0 Å². The third kappa shape index (κ3) is 2.98. The lowest BCUT2D eigenvalue weighted by Gasteiger charge is -2.39. The largest absolute Gasteiger partial charge is 0.388 e. The number of hydrogen-bond donors (Lipinski definition) is 3. The molecule has 4 amide bonds. The maximum atomic E-state index is 12.5. The van der Waals surface area contributed by atoms with E-state index < -0.39 is 17.7 Å². The standard InChI is InChI=1S/C16H19N3O5/c1-16(24)6-7-18(8-12(16)20)14(22)10-2-4-11(5-3-10)19-9-13(21)17-15(19)23/h2-5,12,20,24H,6-9H2,1H3,(H,17,21,23)/t12-,16-/m0/s1. The van der Waals surface area contributed by atoms with E-state index in [-0.39, 0.29) is 24.9 Å². The molecule has 2 atom stereocenters. The van der Waals surface area contributed by atoms with Crippen LogP contribution in [0.15, 0.2) is 24.3 Å². The topological polar surface area (TPSA) is 110 Å². The van der Waals surface area contributed by atoms with E-state index in [1.807, 2.05) is 0 Å². The molecule has 8 heteroatoms. The molecule has 2 heterocycles. The number of amides is 4. The smallest absolute Gasteiger partial charge is 0.329 e. The van der Waals surface area contributed by atoms with Crippen LogP contribution in [-0.4, -0.2) is 64.3 Å². The van der Waals surface area contributed by atoms with E-state index in [2.05, 4.69) is 5.32 Å². The van der Waals surface area contributed by atoms with Gasteiger partial charge in [0.1, 0.15) is 6.54 Å². The van der Waals surface area contributed by atoms with E-state index in [9.17, 15) is 24.6 Å². The van der Waals surface area contributed by atoms with Crippen molar-refractivity contribution in [3.05, 3.63) is 29.8 Å². The van der Waals surface area contributed by atoms with Gasteiger partial charge in [0.05, 0.1) is 11.7 Å². The fourth-order valence-electron chi connectivity index (χ4n) is 2.83. The first-order valence-electron chi connectivity index (χ1n) is 7.69. The molecule has 2 fully saturated rings. The zero-order valence-electron chi connectivity index (χ0n) is 13.2. The van der Waals surface area contributed by atoms with Gasteiger partial charge in [-0.15, -0.1) is 0 Å². The van der Waals surface area contributed by atoms with Crippen molar-refractivity contribution in [2.75, 3.05) is 24.5 Å². The molecule has 3 rings (SSSR count). The summed E-state index contributed by atoms with van der Waals surface area (Å²) in [7, 11) is 0. The van der Waals surface area contributed by atoms with Crippen molar-refractivity contribution in [2.24, 2.45) is 0 Å². The molecule has 1 aromatic carbocycles. The molecule has 3 N–H and O–H groups in total. The molecule has 2 aliphatic heterocycles. The molecule has 1 aromatic rings. The molecule has 0 aliphatic carbocycles. The predicted molar refractivity (Wildman–Crippen MR) is 84.5 cm³/mol. The molecule has 0 aromatic heterocycles. The van der Waals surface area contributed by atoms with Gasteiger partial charge in [-0.05, 0) is 37.6 Å². The minimum atomic E-state index is -1.18. The van der Waals surface area contributed by atoms with Crippen LogP contribution in [0.4, 0.5) is 10.5 Å². The minimum absolute atomic E-state index is 0.0421. The molecule has 128 valence electrons. The third-order valence-electron chi connectivity index (χ3n) is 4.51. The van der Waals surface area contributed by atoms with Crippen LogP contribution in [-0.2, 0) is 4.79 Å². The highest BCUT2D eigenvalue weighted by Gasteiger charge is 2.38. The molecule has 0 unspecified atom stereocenters. The van der Waals surface area contributed by atoms with Crippen molar-refractivity contribution in [1.82, 2.24) is 10.2 Å². The molecular weight excluding hydrogens is 314 g/mol. The number of β-amino-alcohol motifs (C(OH)–C–C–N with tert-alkyl or cyclic N) is 1. The number of carbonyl (C=O) groups excluding carboxylic acids is 3. The van der Waals surface area contributed by atoms with Crippen LogP contribution in [0, 0.1) is 0 Å². The number of carbonyl (C=O) groups is 3. The number of rotatable bonds is 2. The van der Waals surface area contributed by atoms with Gasteiger partial charge in [0, 0.05) is 24.3 Å². The molecule has 2 saturated heterocycles. The van der Waals surface area contributed by atoms with Gasteiger partial charge in [-0.1, -0.05) is 0 Å². The van der Waals surface area contributed by atoms with E-state index in [1.165, 1.54) is 9.80 Å². The predicted octanol–water partition coefficient (Wildman–Crippen LogP) is -0.299. The lowest BCUT2D eigenvalue weighted by molar-refractivity contribution is -0.117. The van der Waals surface area contributed by atoms with Crippen molar-refractivity contribution in [1.29, 1.82) is 0 Å². The number of likely N-dealkylation sites (tertiary alicyclic amines) is 1. The highest BCUT2D eigenvalue weighted by Crippen LogP contribution is 2.24. The number of benzene rings is 1. The Morgan fingerprint density at radius 3 is 2.50 bits per heavy atom. The summed E-state index contributed by atoms with van der Waals surface area (Å²) in [6.45, 7) is 1.93. The Bertz CT molecular complexity index is 685. The van der Waals surface area contributed by atoms with Gasteiger partial charge in [0.25, 0.3) is 5.91 Å². The van der Waals surface area contributed by atoms with Crippen molar-refractivity contribution in [2.45, 2.75) is 25.0 Å². The van der Waals surface area contributed by atoms with Gasteiger partial charge in [-0.25, -0.2) is 4.79 Å². The Balaban J connectivity index is 1.71. The van der Waals surface area contributed by atoms with Crippen LogP contribution >= 0.6 is 0 Å². The van der Waals surface area contributed by atoms with Crippen molar-refractivity contribution >= 4 is 23.5 Å². The summed E-state index contributed by atoms with van der Waals surface area (Å²) < 4.78 is 0. The molecule has 0 bridgehead atoms. The normalized spacial score (nSPS) is 27.4. The maximum Gasteiger partial charge on any atom is 0.329 e. The first-order valence-corrected chi connectivity index (χ1v) is 7.69. The summed E-state index contributed by atoms with van der Waals surface area (Å²) in [5, 5.41) is 22.1. The van der Waals surface area contributed by atoms with Crippen LogP contribution < -0.4 is 10.2 Å². The van der Waals surface area contributed by atoms with Gasteiger partial charge in [-0.3, -0.25) is 19.8 Å². The monoisotopic (exact) mass is 333 g/mol. The highest BCUT2D eigenvalue weighted by molar-refractivity contribution is 6.12. The van der Waals surface area contributed by atoms with Gasteiger partial charge in [0.2, 0.25) is 5.91 Å². The maximum absolute atomic E-state index is 12.5. The summed E-state index contributed by atoms with van der Waals surface area (Å²) >= 11 is 0. The van der Waals surface area contributed by atoms with E-state index >= 15 is 0 Å². The number of hydrogen-bond acceptors (Lipinski definition) is 5. The van der Waals surface area contributed by atoms with Gasteiger partial charge in [0.15, 0.2) is 0 Å². The Morgan fingerprint density at radius 1 is 1.29 bits per heavy atom. The summed E-state index contributed by atoms with van der Waals surface area (Å²) in [4.78, 5) is 38.1. The molecule has 8 nitrogen and oxygen atoms in total. The number of urea groups is 1. The van der Waals surface area contributed by atoms with Crippen LogP contribution in [0.2, 0.25) is 0 Å². The van der Waals surface area contributed by atoms with Crippen LogP contribution in [0.1, 0.15) is 23.7 Å². The summed E-state index contributed by atoms with van der Waals surface area (Å²) in [5.74, 6) is -0.618. The number of nitrogens with zero attached hydrogens (tertiary/aromatic N) is 2. The first kappa shape index (κ1) is 16.4. The van der Waals surface area contributed by atoms with Crippen LogP contribution in [0.3, 0.4) is 0 Å². The van der Waals surface area contributed by atoms with E-state index in [1.54, 1.807) is 31.2 Å². The van der Waals surface area contributed by atoms with Crippen molar-refractivity contribution in [3.63, 3.8) is 0 Å². The second kappa shape index (κ2) is 5.88. The molecule has 0 radical (unpaired) electrons. The van der Waals surface area contributed by atoms with E-state index in [0.29, 0.717) is 24.2 Å². The van der Waals surface area contributed by atoms with Crippen molar-refractivity contribution in [3.8, 4) is 0 Å². The lowest BCUT2D eigenvalue weighted by Crippen LogP contribution is -2.55. The Hall–Kier alpha value is -2.45. The SMILES string of the molecule is C[C@]1(O)CCN(C(=O)c2ccc(N3CC(=O)NC3=O)cc2)C[C@@H]1O. The number of aliphatic hydroxyl groups excluding tert-OH is 1. The molecule has 0 spiro atoms. The third-order valence-corrected chi connectivity index (χ3v) is 4.51. The summed E-state index contributed by atoms with van der Waals surface area (Å²) in [6.07, 6.45) is -0.692. The van der Waals surface area contributed by atoms with E-state index in [4.69, 9.17) is 0 Å². The fourth-order valence-corrected chi connectivity index (χ4v) is 2.83. The van der Waals surface area contributed by atoms with Gasteiger partial charge >= 0.3 is 6.03 Å². The second-order valence-electron chi connectivity index (χ2n) is 6.36. The summed E-state index contributed by atoms with van der Waals surface area (Å²) in [5.41, 5.74) is -0.244. The Labute approximate surface area is 138 Å². The second-order valence-corrected chi connectivity index (χ2v) is 6.36. The summed E-state index contributed by atoms with van der Waals surface area (Å²) in [6, 6.07) is 5.87. The average molecular weight is 333 g/mol. The van der Waals surface area contributed by atoms with Gasteiger partial charge < -0.3 is 15.1 Å². The molecule has 24 heavy (non-hydrogen) atoms. The number of anilines is 1. The minimum Gasteiger partial charge on any atom is -0.388 e. The zero-order valence-corrected chi connectivity index (χ0v) is 13.2. The van der Waals surface area contributed by atoms with Gasteiger partial charge in [-0.2, -0.15) is 0 Å². The molecular formula is C16H19N3O5. The first-order chi connectivity index (χ1) is 11.3. The molecule has 2 aliphatic rings. The number of piperidine rings is 1. The number of nitrogens with one attached hydrogen (secondary N) is 1. The van der Waals surface area contributed by atoms with E-state index in [0.717, 1.165) is 0 Å². The Kier molecular flexibility index (Phi) is 4.02. The lowest BCUT2D eigenvalue weighted by atomic mass is 9.90. The van der Waals surface area contributed by atoms with Crippen molar-refractivity contribution < 1.29 is 24.6 Å².